The van der Waals surface area contributed by atoms with Gasteiger partial charge in [0.1, 0.15) is 6.10 Å². The van der Waals surface area contributed by atoms with Gasteiger partial charge in [-0.2, -0.15) is 5.10 Å². The first kappa shape index (κ1) is 18.7. The molecular weight excluding hydrogens is 358 g/mol. The normalized spacial score (nSPS) is 19.9. The molecule has 0 saturated carbocycles. The number of carbonyl (C=O) groups excluding carboxylic acids is 1. The number of hydrogen-bond acceptors (Lipinski definition) is 7. The molecule has 1 atom stereocenters. The molecule has 2 aliphatic heterocycles. The van der Waals surface area contributed by atoms with Crippen LogP contribution in [0.15, 0.2) is 24.7 Å². The molecule has 4 rings (SSSR count). The zero-order valence-electron chi connectivity index (χ0n) is 16.4. The lowest BCUT2D eigenvalue weighted by Gasteiger charge is -2.32. The zero-order valence-corrected chi connectivity index (χ0v) is 16.4. The topological polar surface area (TPSA) is 87.6 Å². The molecule has 28 heavy (non-hydrogen) atoms. The van der Waals surface area contributed by atoms with E-state index in [2.05, 4.69) is 25.6 Å². The Balaban J connectivity index is 1.24. The number of nitrogens with zero attached hydrogens (tertiary/aromatic N) is 5. The van der Waals surface area contributed by atoms with E-state index >= 15 is 0 Å². The van der Waals surface area contributed by atoms with Gasteiger partial charge < -0.3 is 20.3 Å². The third-order valence-electron chi connectivity index (χ3n) is 5.20. The summed E-state index contributed by atoms with van der Waals surface area (Å²) in [6, 6.07) is 2.05. The van der Waals surface area contributed by atoms with E-state index in [4.69, 9.17) is 4.74 Å². The number of nitrogens with one attached hydrogen (secondary N) is 2. The van der Waals surface area contributed by atoms with Gasteiger partial charge in [0, 0.05) is 70.3 Å². The van der Waals surface area contributed by atoms with Crippen LogP contribution in [0.25, 0.3) is 11.1 Å². The van der Waals surface area contributed by atoms with Crippen molar-refractivity contribution < 1.29 is 9.53 Å². The lowest BCUT2D eigenvalue weighted by Crippen LogP contribution is -2.50. The third-order valence-corrected chi connectivity index (χ3v) is 5.20. The molecular formula is C19H27N7O2. The standard InChI is InChI=1S/C19H27N7O2/c1-24-5-6-26(13-18(24)27)4-3-20-10-16-11-21-17-7-14(8-22-19(17)28-16)15-9-23-25(2)12-15/h7-9,12,16,20-21H,3-6,10-11,13H2,1-2H3. The molecule has 4 heterocycles. The molecule has 0 aromatic carbocycles. The van der Waals surface area contributed by atoms with Crippen LogP contribution in [-0.2, 0) is 11.8 Å². The number of pyridine rings is 1. The second-order valence-corrected chi connectivity index (χ2v) is 7.40. The summed E-state index contributed by atoms with van der Waals surface area (Å²) < 4.78 is 7.80. The minimum Gasteiger partial charge on any atom is -0.470 e. The van der Waals surface area contributed by atoms with Crippen LogP contribution in [0.4, 0.5) is 5.69 Å². The maximum atomic E-state index is 11.7. The fraction of sp³-hybridized carbons (Fsp3) is 0.526. The number of piperazine rings is 1. The number of anilines is 1. The molecule has 150 valence electrons. The highest BCUT2D eigenvalue weighted by Crippen LogP contribution is 2.30. The summed E-state index contributed by atoms with van der Waals surface area (Å²) in [7, 11) is 3.76. The van der Waals surface area contributed by atoms with Crippen LogP contribution < -0.4 is 15.4 Å². The maximum absolute atomic E-state index is 11.7. The van der Waals surface area contributed by atoms with Gasteiger partial charge in [0.05, 0.1) is 25.0 Å². The number of carbonyl (C=O) groups is 1. The van der Waals surface area contributed by atoms with Crippen LogP contribution in [0.2, 0.25) is 0 Å². The Kier molecular flexibility index (Phi) is 5.45. The minimum absolute atomic E-state index is 0.0263. The first-order valence-corrected chi connectivity index (χ1v) is 9.65. The summed E-state index contributed by atoms with van der Waals surface area (Å²) >= 11 is 0. The van der Waals surface area contributed by atoms with E-state index in [1.54, 1.807) is 9.58 Å². The summed E-state index contributed by atoms with van der Waals surface area (Å²) in [6.45, 7) is 5.40. The monoisotopic (exact) mass is 385 g/mol. The van der Waals surface area contributed by atoms with Crippen molar-refractivity contribution in [3.63, 3.8) is 0 Å². The highest BCUT2D eigenvalue weighted by Gasteiger charge is 2.22. The van der Waals surface area contributed by atoms with E-state index in [9.17, 15) is 4.79 Å². The second kappa shape index (κ2) is 8.15. The molecule has 2 N–H and O–H groups in total. The molecule has 0 spiro atoms. The number of hydrogen-bond donors (Lipinski definition) is 2. The molecule has 1 saturated heterocycles. The quantitative estimate of drug-likeness (QED) is 0.678. The number of aryl methyl sites for hydroxylation is 1. The van der Waals surface area contributed by atoms with E-state index in [-0.39, 0.29) is 12.0 Å². The molecule has 0 bridgehead atoms. The van der Waals surface area contributed by atoms with Crippen molar-refractivity contribution in [2.75, 3.05) is 58.2 Å². The van der Waals surface area contributed by atoms with Gasteiger partial charge >= 0.3 is 0 Å². The van der Waals surface area contributed by atoms with Gasteiger partial charge in [-0.25, -0.2) is 4.98 Å². The van der Waals surface area contributed by atoms with E-state index in [1.165, 1.54) is 0 Å². The molecule has 1 unspecified atom stereocenters. The second-order valence-electron chi connectivity index (χ2n) is 7.40. The number of likely N-dealkylation sites (N-methyl/N-ethyl adjacent to an activating group) is 1. The predicted molar refractivity (Wildman–Crippen MR) is 106 cm³/mol. The number of fused-ring (bicyclic) bond motifs is 1. The lowest BCUT2D eigenvalue weighted by molar-refractivity contribution is -0.134. The van der Waals surface area contributed by atoms with Crippen LogP contribution >= 0.6 is 0 Å². The molecule has 1 fully saturated rings. The Morgan fingerprint density at radius 2 is 2.18 bits per heavy atom. The first-order valence-electron chi connectivity index (χ1n) is 9.65. The van der Waals surface area contributed by atoms with Crippen LogP contribution in [0, 0.1) is 0 Å². The zero-order chi connectivity index (χ0) is 19.5. The van der Waals surface area contributed by atoms with Gasteiger partial charge in [-0.3, -0.25) is 14.4 Å². The minimum atomic E-state index is 0.0263. The van der Waals surface area contributed by atoms with Crippen molar-refractivity contribution in [1.29, 1.82) is 0 Å². The van der Waals surface area contributed by atoms with Gasteiger partial charge in [-0.15, -0.1) is 0 Å². The molecule has 0 radical (unpaired) electrons. The van der Waals surface area contributed by atoms with Crippen molar-refractivity contribution >= 4 is 11.6 Å². The lowest BCUT2D eigenvalue weighted by atomic mass is 10.1. The number of rotatable bonds is 6. The summed E-state index contributed by atoms with van der Waals surface area (Å²) in [5.74, 6) is 0.828. The number of amides is 1. The summed E-state index contributed by atoms with van der Waals surface area (Å²) in [5, 5.41) is 11.0. The first-order chi connectivity index (χ1) is 13.6. The van der Waals surface area contributed by atoms with E-state index in [0.717, 1.165) is 56.1 Å². The Morgan fingerprint density at radius 1 is 1.29 bits per heavy atom. The summed E-state index contributed by atoms with van der Waals surface area (Å²) in [6.07, 6.45) is 5.64. The van der Waals surface area contributed by atoms with Crippen LogP contribution in [0.1, 0.15) is 0 Å². The smallest absolute Gasteiger partial charge is 0.237 e. The maximum Gasteiger partial charge on any atom is 0.237 e. The van der Waals surface area contributed by atoms with Crippen LogP contribution in [0.3, 0.4) is 0 Å². The fourth-order valence-electron chi connectivity index (χ4n) is 3.44. The molecule has 9 heteroatoms. The molecule has 2 aromatic heterocycles. The SMILES string of the molecule is CN1CCN(CCNCC2CNc3cc(-c4cnn(C)c4)cnc3O2)CC1=O. The van der Waals surface area contributed by atoms with Crippen molar-refractivity contribution in [1.82, 2.24) is 29.9 Å². The highest BCUT2D eigenvalue weighted by atomic mass is 16.5. The molecule has 0 aliphatic carbocycles. The van der Waals surface area contributed by atoms with Crippen LogP contribution in [-0.4, -0.2) is 89.4 Å². The average Bonchev–Trinajstić information content (AvgIpc) is 3.14. The summed E-state index contributed by atoms with van der Waals surface area (Å²) in [5.41, 5.74) is 2.96. The molecule has 1 amide bonds. The van der Waals surface area contributed by atoms with Gasteiger partial charge in [0.2, 0.25) is 11.8 Å². The van der Waals surface area contributed by atoms with Crippen molar-refractivity contribution in [3.05, 3.63) is 24.7 Å². The van der Waals surface area contributed by atoms with Crippen molar-refractivity contribution in [2.45, 2.75) is 6.10 Å². The predicted octanol–water partition coefficient (Wildman–Crippen LogP) is 0.0186. The summed E-state index contributed by atoms with van der Waals surface area (Å²) in [4.78, 5) is 20.2. The Labute approximate surface area is 164 Å². The molecule has 2 aromatic rings. The number of aromatic nitrogens is 3. The van der Waals surface area contributed by atoms with E-state index in [1.807, 2.05) is 38.8 Å². The number of ether oxygens (including phenoxy) is 1. The van der Waals surface area contributed by atoms with Crippen molar-refractivity contribution in [3.8, 4) is 17.0 Å². The molecule has 2 aliphatic rings. The third kappa shape index (κ3) is 4.26. The van der Waals surface area contributed by atoms with Gasteiger partial charge in [0.15, 0.2) is 0 Å². The van der Waals surface area contributed by atoms with Gasteiger partial charge in [0.25, 0.3) is 0 Å². The van der Waals surface area contributed by atoms with Gasteiger partial charge in [-0.1, -0.05) is 0 Å². The highest BCUT2D eigenvalue weighted by molar-refractivity contribution is 5.78. The van der Waals surface area contributed by atoms with E-state index in [0.29, 0.717) is 12.4 Å². The fourth-order valence-corrected chi connectivity index (χ4v) is 3.44. The van der Waals surface area contributed by atoms with Crippen molar-refractivity contribution in [2.24, 2.45) is 7.05 Å². The van der Waals surface area contributed by atoms with E-state index < -0.39 is 0 Å². The Morgan fingerprint density at radius 3 is 2.96 bits per heavy atom. The molecule has 9 nitrogen and oxygen atoms in total. The average molecular weight is 385 g/mol. The van der Waals surface area contributed by atoms with Crippen LogP contribution in [0.5, 0.6) is 5.88 Å². The largest absolute Gasteiger partial charge is 0.470 e. The Bertz CT molecular complexity index is 837. The van der Waals surface area contributed by atoms with Gasteiger partial charge in [-0.05, 0) is 6.07 Å². The Hall–Kier alpha value is -2.65.